The number of hydrogen-bond donors (Lipinski definition) is 3. The van der Waals surface area contributed by atoms with Gasteiger partial charge in [0.2, 0.25) is 0 Å². The van der Waals surface area contributed by atoms with Crippen molar-refractivity contribution in [3.63, 3.8) is 0 Å². The lowest BCUT2D eigenvalue weighted by atomic mass is 9.96. The lowest BCUT2D eigenvalue weighted by molar-refractivity contribution is -0.213. The fraction of sp³-hybridized carbons (Fsp3) is 1.00. The number of rotatable bonds is 2. The highest BCUT2D eigenvalue weighted by Gasteiger charge is 2.41. The molecule has 1 saturated heterocycles. The molecule has 14 heavy (non-hydrogen) atoms. The summed E-state index contributed by atoms with van der Waals surface area (Å²) < 4.78 is 5.16. The molecule has 5 atom stereocenters. The molecule has 0 aliphatic carbocycles. The molecule has 3 N–H and O–H groups in total. The van der Waals surface area contributed by atoms with E-state index >= 15 is 0 Å². The topological polar surface area (TPSA) is 119 Å². The number of azide groups is 1. The van der Waals surface area contributed by atoms with Crippen molar-refractivity contribution in [2.24, 2.45) is 5.11 Å². The minimum atomic E-state index is -1.27. The normalized spacial score (nSPS) is 43.0. The van der Waals surface area contributed by atoms with Crippen LogP contribution >= 0.6 is 0 Å². The van der Waals surface area contributed by atoms with Gasteiger partial charge in [0.25, 0.3) is 0 Å². The zero-order valence-electron chi connectivity index (χ0n) is 7.69. The van der Waals surface area contributed by atoms with Crippen molar-refractivity contribution < 1.29 is 20.1 Å². The van der Waals surface area contributed by atoms with E-state index in [-0.39, 0.29) is 6.54 Å². The standard InChI is InChI=1S/C7H13N3O4/c1-3-5(11)7(13)6(12)4(14-3)2-9-10-8/h3-7,11-13H,2H2,1H3/t3-,4?,5+,6+,7?/m0/s1. The predicted molar refractivity (Wildman–Crippen MR) is 46.4 cm³/mol. The second-order valence-corrected chi connectivity index (χ2v) is 3.26. The van der Waals surface area contributed by atoms with Crippen LogP contribution < -0.4 is 0 Å². The second-order valence-electron chi connectivity index (χ2n) is 3.26. The second kappa shape index (κ2) is 4.59. The number of aliphatic hydroxyl groups excluding tert-OH is 3. The van der Waals surface area contributed by atoms with Gasteiger partial charge >= 0.3 is 0 Å². The minimum Gasteiger partial charge on any atom is -0.388 e. The summed E-state index contributed by atoms with van der Waals surface area (Å²) in [5.41, 5.74) is 8.08. The lowest BCUT2D eigenvalue weighted by Crippen LogP contribution is -2.57. The van der Waals surface area contributed by atoms with Gasteiger partial charge in [0, 0.05) is 4.91 Å². The Morgan fingerprint density at radius 2 is 1.93 bits per heavy atom. The van der Waals surface area contributed by atoms with Crippen LogP contribution in [0.1, 0.15) is 6.92 Å². The van der Waals surface area contributed by atoms with Crippen LogP contribution in [0.4, 0.5) is 0 Å². The summed E-state index contributed by atoms with van der Waals surface area (Å²) in [5.74, 6) is 0. The van der Waals surface area contributed by atoms with E-state index in [1.165, 1.54) is 0 Å². The van der Waals surface area contributed by atoms with Crippen LogP contribution in [0.2, 0.25) is 0 Å². The van der Waals surface area contributed by atoms with Gasteiger partial charge < -0.3 is 20.1 Å². The third kappa shape index (κ3) is 2.14. The monoisotopic (exact) mass is 203 g/mol. The van der Waals surface area contributed by atoms with Crippen molar-refractivity contribution in [3.05, 3.63) is 10.4 Å². The largest absolute Gasteiger partial charge is 0.388 e. The molecule has 0 amide bonds. The first-order chi connectivity index (χ1) is 6.57. The maximum absolute atomic E-state index is 9.43. The number of ether oxygens (including phenoxy) is 1. The zero-order chi connectivity index (χ0) is 10.7. The summed E-state index contributed by atoms with van der Waals surface area (Å²) in [6.45, 7) is 1.51. The fourth-order valence-electron chi connectivity index (χ4n) is 1.40. The van der Waals surface area contributed by atoms with E-state index in [1.54, 1.807) is 6.92 Å². The van der Waals surface area contributed by atoms with Gasteiger partial charge in [-0.25, -0.2) is 0 Å². The Balaban J connectivity index is 2.64. The van der Waals surface area contributed by atoms with Gasteiger partial charge in [-0.1, -0.05) is 5.11 Å². The molecule has 7 heteroatoms. The van der Waals surface area contributed by atoms with Crippen molar-refractivity contribution >= 4 is 0 Å². The number of aliphatic hydroxyl groups is 3. The van der Waals surface area contributed by atoms with Crippen molar-refractivity contribution in [2.75, 3.05) is 6.54 Å². The fourth-order valence-corrected chi connectivity index (χ4v) is 1.40. The molecule has 1 rings (SSSR count). The third-order valence-corrected chi connectivity index (χ3v) is 2.28. The smallest absolute Gasteiger partial charge is 0.111 e. The Hall–Kier alpha value is -0.850. The van der Waals surface area contributed by atoms with E-state index < -0.39 is 30.5 Å². The molecule has 2 unspecified atom stereocenters. The zero-order valence-corrected chi connectivity index (χ0v) is 7.69. The summed E-state index contributed by atoms with van der Waals surface area (Å²) >= 11 is 0. The van der Waals surface area contributed by atoms with Crippen molar-refractivity contribution in [2.45, 2.75) is 37.4 Å². The molecule has 1 heterocycles. The first-order valence-corrected chi connectivity index (χ1v) is 4.28. The Morgan fingerprint density at radius 3 is 2.50 bits per heavy atom. The average molecular weight is 203 g/mol. The average Bonchev–Trinajstić information content (AvgIpc) is 2.18. The van der Waals surface area contributed by atoms with Crippen LogP contribution in [0.3, 0.4) is 0 Å². The van der Waals surface area contributed by atoms with Gasteiger partial charge in [0.15, 0.2) is 0 Å². The molecule has 0 aromatic carbocycles. The number of nitrogens with zero attached hydrogens (tertiary/aromatic N) is 3. The molecule has 7 nitrogen and oxygen atoms in total. The Morgan fingerprint density at radius 1 is 1.29 bits per heavy atom. The third-order valence-electron chi connectivity index (χ3n) is 2.28. The molecule has 80 valence electrons. The summed E-state index contributed by atoms with van der Waals surface area (Å²) in [6, 6.07) is 0. The van der Waals surface area contributed by atoms with Crippen LogP contribution in [-0.4, -0.2) is 52.4 Å². The molecule has 1 aliphatic rings. The molecule has 0 radical (unpaired) electrons. The molecule has 0 saturated carbocycles. The summed E-state index contributed by atoms with van der Waals surface area (Å²) in [6.07, 6.45) is -4.97. The van der Waals surface area contributed by atoms with Gasteiger partial charge in [0.1, 0.15) is 18.3 Å². The Kier molecular flexibility index (Phi) is 3.68. The SMILES string of the molecule is C[C@@H]1OC(CN=[N+]=[N-])[C@@H](O)C(O)[C@@H]1O. The molecule has 1 fully saturated rings. The summed E-state index contributed by atoms with van der Waals surface area (Å²) in [7, 11) is 0. The molecule has 0 aromatic rings. The molecule has 0 bridgehead atoms. The Bertz CT molecular complexity index is 243. The highest BCUT2D eigenvalue weighted by molar-refractivity contribution is 4.91. The quantitative estimate of drug-likeness (QED) is 0.308. The van der Waals surface area contributed by atoms with Crippen molar-refractivity contribution in [1.82, 2.24) is 0 Å². The van der Waals surface area contributed by atoms with Crippen LogP contribution in [0.15, 0.2) is 5.11 Å². The minimum absolute atomic E-state index is 0.0637. The van der Waals surface area contributed by atoms with Crippen molar-refractivity contribution in [3.8, 4) is 0 Å². The van der Waals surface area contributed by atoms with E-state index in [0.717, 1.165) is 0 Å². The number of hydrogen-bond acceptors (Lipinski definition) is 5. The summed E-state index contributed by atoms with van der Waals surface area (Å²) in [5, 5.41) is 31.4. The van der Waals surface area contributed by atoms with Gasteiger partial charge in [0.05, 0.1) is 18.8 Å². The van der Waals surface area contributed by atoms with Gasteiger partial charge in [-0.05, 0) is 12.5 Å². The van der Waals surface area contributed by atoms with E-state index in [9.17, 15) is 15.3 Å². The van der Waals surface area contributed by atoms with Crippen LogP contribution in [0.5, 0.6) is 0 Å². The molecular formula is C7H13N3O4. The maximum Gasteiger partial charge on any atom is 0.111 e. The van der Waals surface area contributed by atoms with E-state index in [1.807, 2.05) is 0 Å². The van der Waals surface area contributed by atoms with Crippen molar-refractivity contribution in [1.29, 1.82) is 0 Å². The molecule has 0 aromatic heterocycles. The van der Waals surface area contributed by atoms with Crippen LogP contribution in [0, 0.1) is 0 Å². The molecule has 1 aliphatic heterocycles. The predicted octanol–water partition coefficient (Wildman–Crippen LogP) is -0.833. The van der Waals surface area contributed by atoms with Gasteiger partial charge in [-0.3, -0.25) is 0 Å². The first-order valence-electron chi connectivity index (χ1n) is 4.28. The molecular weight excluding hydrogens is 190 g/mol. The lowest BCUT2D eigenvalue weighted by Gasteiger charge is -2.38. The van der Waals surface area contributed by atoms with Crippen LogP contribution in [-0.2, 0) is 4.74 Å². The highest BCUT2D eigenvalue weighted by Crippen LogP contribution is 2.20. The first kappa shape index (κ1) is 11.2. The maximum atomic E-state index is 9.43. The Labute approximate surface area is 80.6 Å². The van der Waals surface area contributed by atoms with E-state index in [0.29, 0.717) is 0 Å². The van der Waals surface area contributed by atoms with Gasteiger partial charge in [-0.15, -0.1) is 0 Å². The van der Waals surface area contributed by atoms with E-state index in [4.69, 9.17) is 10.3 Å². The van der Waals surface area contributed by atoms with Crippen LogP contribution in [0.25, 0.3) is 10.4 Å². The highest BCUT2D eigenvalue weighted by atomic mass is 16.5. The van der Waals surface area contributed by atoms with Gasteiger partial charge in [-0.2, -0.15) is 0 Å². The van der Waals surface area contributed by atoms with E-state index in [2.05, 4.69) is 10.0 Å². The summed E-state index contributed by atoms with van der Waals surface area (Å²) in [4.78, 5) is 2.52. The molecule has 0 spiro atoms.